The molecule has 20 heavy (non-hydrogen) atoms. The fourth-order valence-electron chi connectivity index (χ4n) is 2.18. The van der Waals surface area contributed by atoms with Crippen molar-refractivity contribution in [2.75, 3.05) is 0 Å². The molecule has 0 aliphatic carbocycles. The van der Waals surface area contributed by atoms with Crippen molar-refractivity contribution in [3.63, 3.8) is 0 Å². The maximum atomic E-state index is 12.2. The lowest BCUT2D eigenvalue weighted by Crippen LogP contribution is -1.98. The van der Waals surface area contributed by atoms with Crippen molar-refractivity contribution in [2.45, 2.75) is 13.8 Å². The summed E-state index contributed by atoms with van der Waals surface area (Å²) in [6.45, 7) is 4.07. The summed E-state index contributed by atoms with van der Waals surface area (Å²) in [6.07, 6.45) is 1.73. The molecule has 0 spiro atoms. The van der Waals surface area contributed by atoms with Crippen LogP contribution in [-0.2, 0) is 0 Å². The van der Waals surface area contributed by atoms with Crippen LogP contribution in [0, 0.1) is 13.8 Å². The van der Waals surface area contributed by atoms with E-state index in [-0.39, 0.29) is 17.3 Å². The van der Waals surface area contributed by atoms with Gasteiger partial charge in [-0.25, -0.2) is 0 Å². The zero-order chi connectivity index (χ0) is 14.3. The number of benzene rings is 2. The standard InChI is InChI=1S/C17H14O3/c1-10-3-4-12(7-11(10)2)8-16-17(19)14-6-5-13(18)9-15(14)20-16/h3-9,18H,1-2H3/b16-8-. The quantitative estimate of drug-likeness (QED) is 0.802. The van der Waals surface area contributed by atoms with Gasteiger partial charge in [0.15, 0.2) is 5.76 Å². The van der Waals surface area contributed by atoms with Gasteiger partial charge in [-0.15, -0.1) is 0 Å². The van der Waals surface area contributed by atoms with Crippen molar-refractivity contribution in [3.8, 4) is 11.5 Å². The van der Waals surface area contributed by atoms with Gasteiger partial charge >= 0.3 is 0 Å². The summed E-state index contributed by atoms with van der Waals surface area (Å²) >= 11 is 0. The van der Waals surface area contributed by atoms with Crippen LogP contribution in [0.15, 0.2) is 42.2 Å². The number of hydrogen-bond acceptors (Lipinski definition) is 3. The molecule has 0 radical (unpaired) electrons. The van der Waals surface area contributed by atoms with Gasteiger partial charge in [0.1, 0.15) is 11.5 Å². The maximum absolute atomic E-state index is 12.2. The highest BCUT2D eigenvalue weighted by molar-refractivity contribution is 6.14. The van der Waals surface area contributed by atoms with E-state index in [1.807, 2.05) is 32.0 Å². The van der Waals surface area contributed by atoms with Crippen molar-refractivity contribution in [2.24, 2.45) is 0 Å². The van der Waals surface area contributed by atoms with Crippen molar-refractivity contribution in [1.29, 1.82) is 0 Å². The summed E-state index contributed by atoms with van der Waals surface area (Å²) in [5.41, 5.74) is 3.78. The van der Waals surface area contributed by atoms with Gasteiger partial charge in [0, 0.05) is 6.07 Å². The van der Waals surface area contributed by atoms with E-state index in [0.29, 0.717) is 11.3 Å². The predicted molar refractivity (Wildman–Crippen MR) is 77.0 cm³/mol. The molecule has 1 aliphatic heterocycles. The molecule has 0 unspecified atom stereocenters. The average molecular weight is 266 g/mol. The van der Waals surface area contributed by atoms with Crippen LogP contribution in [0.1, 0.15) is 27.0 Å². The minimum atomic E-state index is -0.154. The summed E-state index contributed by atoms with van der Waals surface area (Å²) in [5.74, 6) is 0.626. The number of aryl methyl sites for hydroxylation is 2. The first-order valence-corrected chi connectivity index (χ1v) is 6.39. The van der Waals surface area contributed by atoms with Gasteiger partial charge < -0.3 is 9.84 Å². The third-order valence-corrected chi connectivity index (χ3v) is 3.48. The average Bonchev–Trinajstić information content (AvgIpc) is 2.70. The van der Waals surface area contributed by atoms with Gasteiger partial charge in [-0.05, 0) is 48.7 Å². The zero-order valence-corrected chi connectivity index (χ0v) is 11.3. The second-order valence-electron chi connectivity index (χ2n) is 4.96. The molecule has 100 valence electrons. The second-order valence-corrected chi connectivity index (χ2v) is 4.96. The second kappa shape index (κ2) is 4.53. The van der Waals surface area contributed by atoms with Crippen LogP contribution in [0.3, 0.4) is 0 Å². The van der Waals surface area contributed by atoms with Gasteiger partial charge in [0.25, 0.3) is 0 Å². The molecule has 2 aromatic rings. The monoisotopic (exact) mass is 266 g/mol. The van der Waals surface area contributed by atoms with Crippen molar-refractivity contribution in [1.82, 2.24) is 0 Å². The SMILES string of the molecule is Cc1ccc(/C=C2\Oc3cc(O)ccc3C2=O)cc1C. The van der Waals surface area contributed by atoms with Gasteiger partial charge in [-0.1, -0.05) is 18.2 Å². The van der Waals surface area contributed by atoms with Crippen molar-refractivity contribution in [3.05, 3.63) is 64.4 Å². The zero-order valence-electron chi connectivity index (χ0n) is 11.3. The number of Topliss-reactive ketones (excluding diaryl/α,β-unsaturated/α-hetero) is 1. The first kappa shape index (κ1) is 12.5. The van der Waals surface area contributed by atoms with E-state index in [0.717, 1.165) is 5.56 Å². The Hall–Kier alpha value is -2.55. The van der Waals surface area contributed by atoms with Crippen molar-refractivity contribution < 1.29 is 14.6 Å². The normalized spacial score (nSPS) is 15.3. The highest BCUT2D eigenvalue weighted by atomic mass is 16.5. The molecule has 0 saturated carbocycles. The fourth-order valence-corrected chi connectivity index (χ4v) is 2.18. The largest absolute Gasteiger partial charge is 0.508 e. The molecule has 3 nitrogen and oxygen atoms in total. The molecule has 1 N–H and O–H groups in total. The molecule has 0 amide bonds. The van der Waals surface area contributed by atoms with E-state index in [2.05, 4.69) is 0 Å². The number of rotatable bonds is 1. The fraction of sp³-hybridized carbons (Fsp3) is 0.118. The Morgan fingerprint density at radius 2 is 1.85 bits per heavy atom. The van der Waals surface area contributed by atoms with Crippen LogP contribution >= 0.6 is 0 Å². The third-order valence-electron chi connectivity index (χ3n) is 3.48. The molecule has 0 bridgehead atoms. The maximum Gasteiger partial charge on any atom is 0.231 e. The minimum absolute atomic E-state index is 0.0870. The van der Waals surface area contributed by atoms with Crippen LogP contribution in [0.4, 0.5) is 0 Å². The van der Waals surface area contributed by atoms with Crippen LogP contribution < -0.4 is 4.74 Å². The Labute approximate surface area is 117 Å². The number of ether oxygens (including phenoxy) is 1. The number of fused-ring (bicyclic) bond motifs is 1. The Morgan fingerprint density at radius 1 is 1.05 bits per heavy atom. The molecule has 1 heterocycles. The van der Waals surface area contributed by atoms with E-state index in [1.165, 1.54) is 23.3 Å². The summed E-state index contributed by atoms with van der Waals surface area (Å²) in [6, 6.07) is 10.5. The Morgan fingerprint density at radius 3 is 2.60 bits per heavy atom. The molecule has 2 aromatic carbocycles. The van der Waals surface area contributed by atoms with Crippen LogP contribution in [0.25, 0.3) is 6.08 Å². The van der Waals surface area contributed by atoms with E-state index in [1.54, 1.807) is 12.1 Å². The lowest BCUT2D eigenvalue weighted by atomic mass is 10.0. The number of aromatic hydroxyl groups is 1. The summed E-state index contributed by atoms with van der Waals surface area (Å²) < 4.78 is 5.53. The Bertz CT molecular complexity index is 742. The molecule has 1 aliphatic rings. The van der Waals surface area contributed by atoms with Gasteiger partial charge in [-0.2, -0.15) is 0 Å². The summed E-state index contributed by atoms with van der Waals surface area (Å²) in [4.78, 5) is 12.2. The molecule has 0 fully saturated rings. The molecular weight excluding hydrogens is 252 g/mol. The third kappa shape index (κ3) is 2.07. The van der Waals surface area contributed by atoms with E-state index in [4.69, 9.17) is 4.74 Å². The number of carbonyl (C=O) groups excluding carboxylic acids is 1. The highest BCUT2D eigenvalue weighted by Crippen LogP contribution is 2.34. The van der Waals surface area contributed by atoms with Crippen LogP contribution in [-0.4, -0.2) is 10.9 Å². The smallest absolute Gasteiger partial charge is 0.231 e. The Balaban J connectivity index is 1.99. The number of hydrogen-bond donors (Lipinski definition) is 1. The molecule has 3 heteroatoms. The molecule has 0 aromatic heterocycles. The molecule has 3 rings (SSSR count). The highest BCUT2D eigenvalue weighted by Gasteiger charge is 2.27. The van der Waals surface area contributed by atoms with Crippen LogP contribution in [0.5, 0.6) is 11.5 Å². The number of carbonyl (C=O) groups is 1. The predicted octanol–water partition coefficient (Wildman–Crippen LogP) is 3.63. The topological polar surface area (TPSA) is 46.5 Å². The number of phenolic OH excluding ortho intramolecular Hbond substituents is 1. The summed E-state index contributed by atoms with van der Waals surface area (Å²) in [5, 5.41) is 9.41. The summed E-state index contributed by atoms with van der Waals surface area (Å²) in [7, 11) is 0. The number of ketones is 1. The first-order valence-electron chi connectivity index (χ1n) is 6.39. The van der Waals surface area contributed by atoms with E-state index < -0.39 is 0 Å². The molecular formula is C17H14O3. The van der Waals surface area contributed by atoms with E-state index >= 15 is 0 Å². The number of allylic oxidation sites excluding steroid dienone is 1. The minimum Gasteiger partial charge on any atom is -0.508 e. The van der Waals surface area contributed by atoms with Gasteiger partial charge in [-0.3, -0.25) is 4.79 Å². The van der Waals surface area contributed by atoms with Crippen LogP contribution in [0.2, 0.25) is 0 Å². The van der Waals surface area contributed by atoms with E-state index in [9.17, 15) is 9.90 Å². The van der Waals surface area contributed by atoms with Gasteiger partial charge in [0.05, 0.1) is 5.56 Å². The lowest BCUT2D eigenvalue weighted by Gasteiger charge is -2.02. The van der Waals surface area contributed by atoms with Gasteiger partial charge in [0.2, 0.25) is 5.78 Å². The lowest BCUT2D eigenvalue weighted by molar-refractivity contribution is 0.101. The molecule has 0 saturated heterocycles. The number of phenols is 1. The first-order chi connectivity index (χ1) is 9.54. The molecule has 0 atom stereocenters. The Kier molecular flexibility index (Phi) is 2.83. The van der Waals surface area contributed by atoms with Crippen molar-refractivity contribution >= 4 is 11.9 Å².